The van der Waals surface area contributed by atoms with Gasteiger partial charge in [0.2, 0.25) is 0 Å². The number of aryl methyl sites for hydroxylation is 2. The van der Waals surface area contributed by atoms with Gasteiger partial charge in [0.15, 0.2) is 0 Å². The minimum Gasteiger partial charge on any atom is -0.394 e. The third kappa shape index (κ3) is 2.61. The Hall–Kier alpha value is -1.23. The molecule has 1 aliphatic heterocycles. The molecule has 1 aliphatic rings. The number of nitrogens with two attached hydrogens (primary N) is 1. The average molecular weight is 251 g/mol. The minimum atomic E-state index is 0.652. The lowest BCUT2D eigenvalue weighted by atomic mass is 10.1. The molecule has 0 aliphatic carbocycles. The van der Waals surface area contributed by atoms with Crippen molar-refractivity contribution in [3.05, 3.63) is 5.69 Å². The summed E-state index contributed by atoms with van der Waals surface area (Å²) in [5.41, 5.74) is 7.68. The quantitative estimate of drug-likeness (QED) is 0.850. The third-order valence-corrected chi connectivity index (χ3v) is 3.87. The van der Waals surface area contributed by atoms with Gasteiger partial charge in [0.1, 0.15) is 5.82 Å². The number of nitrogens with one attached hydrogen (secondary N) is 1. The first-order valence-electron chi connectivity index (χ1n) is 6.76. The molecule has 1 atom stereocenters. The fraction of sp³-hybridized carbons (Fsp3) is 0.769. The Labute approximate surface area is 109 Å². The van der Waals surface area contributed by atoms with Gasteiger partial charge in [-0.25, -0.2) is 0 Å². The number of likely N-dealkylation sites (tertiary alicyclic amines) is 1. The Bertz CT molecular complexity index is 410. The molecule has 5 nitrogen and oxygen atoms in total. The summed E-state index contributed by atoms with van der Waals surface area (Å²) in [5.74, 6) is 1.66. The van der Waals surface area contributed by atoms with Crippen molar-refractivity contribution in [1.82, 2.24) is 14.7 Å². The van der Waals surface area contributed by atoms with Gasteiger partial charge >= 0.3 is 0 Å². The Morgan fingerprint density at radius 2 is 2.22 bits per heavy atom. The Balaban J connectivity index is 1.89. The molecule has 1 aromatic heterocycles. The SMILES string of the molecule is Cc1nn(C)c(NCC2CCN(C(C)C)C2)c1N. The zero-order chi connectivity index (χ0) is 13.3. The van der Waals surface area contributed by atoms with Crippen molar-refractivity contribution in [2.24, 2.45) is 13.0 Å². The van der Waals surface area contributed by atoms with Crippen LogP contribution in [0.2, 0.25) is 0 Å². The molecule has 1 saturated heterocycles. The highest BCUT2D eigenvalue weighted by Crippen LogP contribution is 2.23. The molecular weight excluding hydrogens is 226 g/mol. The summed E-state index contributed by atoms with van der Waals surface area (Å²) in [7, 11) is 1.93. The summed E-state index contributed by atoms with van der Waals surface area (Å²) in [6, 6.07) is 0.652. The summed E-state index contributed by atoms with van der Waals surface area (Å²) in [4.78, 5) is 2.53. The first-order valence-corrected chi connectivity index (χ1v) is 6.76. The van der Waals surface area contributed by atoms with Crippen molar-refractivity contribution >= 4 is 11.5 Å². The number of aromatic nitrogens is 2. The van der Waals surface area contributed by atoms with E-state index in [4.69, 9.17) is 5.73 Å². The average Bonchev–Trinajstić information content (AvgIpc) is 2.85. The number of nitrogen functional groups attached to an aromatic ring is 1. The molecule has 1 fully saturated rings. The fourth-order valence-corrected chi connectivity index (χ4v) is 2.62. The molecule has 1 aromatic rings. The van der Waals surface area contributed by atoms with Gasteiger partial charge in [0, 0.05) is 26.2 Å². The van der Waals surface area contributed by atoms with E-state index in [9.17, 15) is 0 Å². The largest absolute Gasteiger partial charge is 0.394 e. The van der Waals surface area contributed by atoms with Crippen LogP contribution in [-0.2, 0) is 7.05 Å². The number of nitrogens with zero attached hydrogens (tertiary/aromatic N) is 3. The van der Waals surface area contributed by atoms with E-state index in [0.717, 1.165) is 23.7 Å². The van der Waals surface area contributed by atoms with Crippen LogP contribution in [0.5, 0.6) is 0 Å². The molecule has 3 N–H and O–H groups in total. The molecule has 0 radical (unpaired) electrons. The topological polar surface area (TPSA) is 59.1 Å². The van der Waals surface area contributed by atoms with Gasteiger partial charge in [0.25, 0.3) is 0 Å². The van der Waals surface area contributed by atoms with Crippen LogP contribution >= 0.6 is 0 Å². The zero-order valence-corrected chi connectivity index (χ0v) is 11.9. The summed E-state index contributed by atoms with van der Waals surface area (Å²) < 4.78 is 1.83. The van der Waals surface area contributed by atoms with Crippen LogP contribution in [0.25, 0.3) is 0 Å². The minimum absolute atomic E-state index is 0.652. The van der Waals surface area contributed by atoms with Crippen molar-refractivity contribution in [2.45, 2.75) is 33.2 Å². The predicted octanol–water partition coefficient (Wildman–Crippen LogP) is 1.45. The van der Waals surface area contributed by atoms with Crippen molar-refractivity contribution in [3.8, 4) is 0 Å². The third-order valence-electron chi connectivity index (χ3n) is 3.87. The van der Waals surface area contributed by atoms with Gasteiger partial charge in [-0.05, 0) is 39.7 Å². The highest BCUT2D eigenvalue weighted by Gasteiger charge is 2.24. The predicted molar refractivity (Wildman–Crippen MR) is 75.7 cm³/mol. The van der Waals surface area contributed by atoms with Crippen LogP contribution in [0.1, 0.15) is 26.0 Å². The van der Waals surface area contributed by atoms with Gasteiger partial charge in [-0.3, -0.25) is 4.68 Å². The lowest BCUT2D eigenvalue weighted by molar-refractivity contribution is 0.266. The van der Waals surface area contributed by atoms with Gasteiger partial charge in [-0.2, -0.15) is 5.10 Å². The molecule has 0 saturated carbocycles. The maximum absolute atomic E-state index is 6.01. The highest BCUT2D eigenvalue weighted by atomic mass is 15.3. The van der Waals surface area contributed by atoms with Crippen LogP contribution in [0, 0.1) is 12.8 Å². The molecule has 18 heavy (non-hydrogen) atoms. The van der Waals surface area contributed by atoms with Crippen molar-refractivity contribution in [2.75, 3.05) is 30.7 Å². The van der Waals surface area contributed by atoms with Gasteiger partial charge in [0.05, 0.1) is 11.4 Å². The second-order valence-corrected chi connectivity index (χ2v) is 5.60. The van der Waals surface area contributed by atoms with E-state index in [2.05, 4.69) is 29.2 Å². The molecule has 5 heteroatoms. The second-order valence-electron chi connectivity index (χ2n) is 5.60. The lowest BCUT2D eigenvalue weighted by Crippen LogP contribution is -2.29. The van der Waals surface area contributed by atoms with E-state index >= 15 is 0 Å². The normalized spacial score (nSPS) is 20.8. The molecule has 2 rings (SSSR count). The van der Waals surface area contributed by atoms with Crippen LogP contribution in [0.15, 0.2) is 0 Å². The van der Waals surface area contributed by atoms with Crippen molar-refractivity contribution in [1.29, 1.82) is 0 Å². The first kappa shape index (κ1) is 13.2. The molecule has 0 amide bonds. The monoisotopic (exact) mass is 251 g/mol. The van der Waals surface area contributed by atoms with Gasteiger partial charge in [-0.1, -0.05) is 0 Å². The van der Waals surface area contributed by atoms with Crippen molar-refractivity contribution < 1.29 is 0 Å². The summed E-state index contributed by atoms with van der Waals surface area (Å²) >= 11 is 0. The van der Waals surface area contributed by atoms with E-state index in [1.165, 1.54) is 19.5 Å². The Morgan fingerprint density at radius 3 is 2.72 bits per heavy atom. The molecule has 2 heterocycles. The van der Waals surface area contributed by atoms with E-state index in [1.54, 1.807) is 0 Å². The molecule has 0 spiro atoms. The van der Waals surface area contributed by atoms with Gasteiger partial charge < -0.3 is 16.0 Å². The molecular formula is C13H25N5. The molecule has 1 unspecified atom stereocenters. The second kappa shape index (κ2) is 5.18. The summed E-state index contributed by atoms with van der Waals surface area (Å²) in [6.07, 6.45) is 1.27. The highest BCUT2D eigenvalue weighted by molar-refractivity contribution is 5.64. The molecule has 0 bridgehead atoms. The first-order chi connectivity index (χ1) is 8.49. The smallest absolute Gasteiger partial charge is 0.147 e. The fourth-order valence-electron chi connectivity index (χ4n) is 2.62. The zero-order valence-electron chi connectivity index (χ0n) is 11.9. The van der Waals surface area contributed by atoms with Crippen LogP contribution in [-0.4, -0.2) is 40.4 Å². The van der Waals surface area contributed by atoms with Crippen molar-refractivity contribution in [3.63, 3.8) is 0 Å². The number of anilines is 2. The lowest BCUT2D eigenvalue weighted by Gasteiger charge is -2.20. The molecule has 0 aromatic carbocycles. The Morgan fingerprint density at radius 1 is 1.50 bits per heavy atom. The summed E-state index contributed by atoms with van der Waals surface area (Å²) in [5, 5.41) is 7.77. The Kier molecular flexibility index (Phi) is 3.80. The van der Waals surface area contributed by atoms with Crippen LogP contribution < -0.4 is 11.1 Å². The van der Waals surface area contributed by atoms with E-state index in [1.807, 2.05) is 18.7 Å². The summed E-state index contributed by atoms with van der Waals surface area (Å²) in [6.45, 7) is 9.84. The van der Waals surface area contributed by atoms with E-state index in [-0.39, 0.29) is 0 Å². The maximum atomic E-state index is 6.01. The number of rotatable bonds is 4. The molecule has 102 valence electrons. The van der Waals surface area contributed by atoms with Crippen LogP contribution in [0.3, 0.4) is 0 Å². The van der Waals surface area contributed by atoms with E-state index in [0.29, 0.717) is 12.0 Å². The van der Waals surface area contributed by atoms with Crippen LogP contribution in [0.4, 0.5) is 11.5 Å². The van der Waals surface area contributed by atoms with E-state index < -0.39 is 0 Å². The van der Waals surface area contributed by atoms with Gasteiger partial charge in [-0.15, -0.1) is 0 Å². The number of hydrogen-bond acceptors (Lipinski definition) is 4. The maximum Gasteiger partial charge on any atom is 0.147 e. The standard InChI is InChI=1S/C13H25N5/c1-9(2)18-6-5-11(8-18)7-15-13-12(14)10(3)16-17(13)4/h9,11,15H,5-8,14H2,1-4H3. The number of hydrogen-bond donors (Lipinski definition) is 2.